The number of hydrogen-bond donors (Lipinski definition) is 1. The third-order valence-corrected chi connectivity index (χ3v) is 5.70. The van der Waals surface area contributed by atoms with Crippen molar-refractivity contribution in [3.8, 4) is 0 Å². The van der Waals surface area contributed by atoms with Crippen LogP contribution in [0.3, 0.4) is 0 Å². The lowest BCUT2D eigenvalue weighted by Crippen LogP contribution is -2.28. The van der Waals surface area contributed by atoms with Gasteiger partial charge in [0.05, 0.1) is 0 Å². The van der Waals surface area contributed by atoms with Gasteiger partial charge in [-0.2, -0.15) is 11.8 Å². The average molecular weight is 275 g/mol. The van der Waals surface area contributed by atoms with Crippen LogP contribution in [0.5, 0.6) is 0 Å². The molecule has 0 atom stereocenters. The summed E-state index contributed by atoms with van der Waals surface area (Å²) in [5.74, 6) is 4.43. The van der Waals surface area contributed by atoms with Crippen LogP contribution < -0.4 is 5.32 Å². The first kappa shape index (κ1) is 13.5. The first-order chi connectivity index (χ1) is 9.42. The molecule has 2 aliphatic rings. The minimum absolute atomic E-state index is 0.828. The topological polar surface area (TPSA) is 12.0 Å². The number of rotatable bonds is 3. The molecule has 0 aliphatic carbocycles. The highest BCUT2D eigenvalue weighted by Gasteiger charge is 2.16. The van der Waals surface area contributed by atoms with Gasteiger partial charge in [-0.15, -0.1) is 0 Å². The molecule has 0 unspecified atom stereocenters. The van der Waals surface area contributed by atoms with Crippen LogP contribution >= 0.6 is 11.8 Å². The van der Waals surface area contributed by atoms with E-state index in [2.05, 4.69) is 41.3 Å². The van der Waals surface area contributed by atoms with Crippen LogP contribution in [0.2, 0.25) is 0 Å². The summed E-state index contributed by atoms with van der Waals surface area (Å²) < 4.78 is 0. The van der Waals surface area contributed by atoms with Crippen LogP contribution in [-0.2, 0) is 6.42 Å². The lowest BCUT2D eigenvalue weighted by atomic mass is 9.88. The Balaban J connectivity index is 1.58. The van der Waals surface area contributed by atoms with E-state index in [4.69, 9.17) is 0 Å². The highest BCUT2D eigenvalue weighted by Crippen LogP contribution is 2.31. The van der Waals surface area contributed by atoms with Gasteiger partial charge in [-0.25, -0.2) is 0 Å². The molecule has 0 radical (unpaired) electrons. The summed E-state index contributed by atoms with van der Waals surface area (Å²) in [6.07, 6.45) is 6.72. The first-order valence-corrected chi connectivity index (χ1v) is 8.94. The smallest absolute Gasteiger partial charge is 0.00462 e. The van der Waals surface area contributed by atoms with E-state index in [0.29, 0.717) is 0 Å². The molecule has 2 heteroatoms. The Bertz CT molecular complexity index is 375. The molecule has 19 heavy (non-hydrogen) atoms. The van der Waals surface area contributed by atoms with E-state index in [-0.39, 0.29) is 0 Å². The van der Waals surface area contributed by atoms with E-state index in [1.807, 2.05) is 0 Å². The van der Waals surface area contributed by atoms with E-state index < -0.39 is 0 Å². The zero-order valence-electron chi connectivity index (χ0n) is 11.7. The molecule has 2 fully saturated rings. The second-order valence-electron chi connectivity index (χ2n) is 6.03. The quantitative estimate of drug-likeness (QED) is 0.899. The zero-order valence-corrected chi connectivity index (χ0v) is 12.6. The predicted molar refractivity (Wildman–Crippen MR) is 85.0 cm³/mol. The van der Waals surface area contributed by atoms with Gasteiger partial charge < -0.3 is 5.32 Å². The fraction of sp³-hybridized carbons (Fsp3) is 0.647. The van der Waals surface area contributed by atoms with Crippen molar-refractivity contribution >= 4 is 11.8 Å². The monoisotopic (exact) mass is 275 g/mol. The Morgan fingerprint density at radius 3 is 2.32 bits per heavy atom. The number of hydrogen-bond acceptors (Lipinski definition) is 2. The molecule has 1 N–H and O–H groups in total. The van der Waals surface area contributed by atoms with Crippen molar-refractivity contribution in [1.82, 2.24) is 5.32 Å². The van der Waals surface area contributed by atoms with E-state index >= 15 is 0 Å². The molecule has 0 bridgehead atoms. The third kappa shape index (κ3) is 3.76. The fourth-order valence-electron chi connectivity index (χ4n) is 3.38. The largest absolute Gasteiger partial charge is 0.317 e. The van der Waals surface area contributed by atoms with Gasteiger partial charge in [0.2, 0.25) is 0 Å². The van der Waals surface area contributed by atoms with E-state index in [1.54, 1.807) is 11.1 Å². The second kappa shape index (κ2) is 6.81. The summed E-state index contributed by atoms with van der Waals surface area (Å²) in [5, 5.41) is 3.45. The van der Waals surface area contributed by atoms with Crippen molar-refractivity contribution in [2.45, 2.75) is 38.0 Å². The fourth-order valence-corrected chi connectivity index (χ4v) is 4.48. The van der Waals surface area contributed by atoms with Gasteiger partial charge in [0.25, 0.3) is 0 Å². The number of nitrogens with one attached hydrogen (secondary N) is 1. The highest BCUT2D eigenvalue weighted by molar-refractivity contribution is 7.99. The molecule has 104 valence electrons. The van der Waals surface area contributed by atoms with Crippen LogP contribution in [0.1, 0.15) is 42.7 Å². The van der Waals surface area contributed by atoms with Crippen molar-refractivity contribution in [3.05, 3.63) is 35.4 Å². The van der Waals surface area contributed by atoms with Gasteiger partial charge in [0, 0.05) is 0 Å². The Morgan fingerprint density at radius 1 is 0.947 bits per heavy atom. The summed E-state index contributed by atoms with van der Waals surface area (Å²) in [4.78, 5) is 0. The van der Waals surface area contributed by atoms with Crippen molar-refractivity contribution in [3.63, 3.8) is 0 Å². The van der Waals surface area contributed by atoms with Crippen LogP contribution in [0.4, 0.5) is 0 Å². The molecule has 1 aromatic carbocycles. The summed E-state index contributed by atoms with van der Waals surface area (Å²) in [6, 6.07) is 9.58. The predicted octanol–water partition coefficient (Wildman–Crippen LogP) is 3.84. The maximum Gasteiger partial charge on any atom is -0.00462 e. The third-order valence-electron chi connectivity index (χ3n) is 4.66. The highest BCUT2D eigenvalue weighted by atomic mass is 32.2. The Kier molecular flexibility index (Phi) is 4.84. The van der Waals surface area contributed by atoms with Gasteiger partial charge in [-0.1, -0.05) is 24.3 Å². The zero-order chi connectivity index (χ0) is 12.9. The molecule has 2 saturated heterocycles. The van der Waals surface area contributed by atoms with Crippen LogP contribution in [0.25, 0.3) is 0 Å². The van der Waals surface area contributed by atoms with Gasteiger partial charge >= 0.3 is 0 Å². The number of thioether (sulfide) groups is 1. The van der Waals surface area contributed by atoms with Gasteiger partial charge in [0.1, 0.15) is 0 Å². The lowest BCUT2D eigenvalue weighted by Gasteiger charge is -2.24. The minimum atomic E-state index is 0.828. The molecule has 1 nitrogen and oxygen atoms in total. The molecular formula is C17H25NS. The molecule has 0 amide bonds. The maximum absolute atomic E-state index is 3.45. The molecule has 0 aromatic heterocycles. The Labute approximate surface area is 121 Å². The molecule has 0 saturated carbocycles. The van der Waals surface area contributed by atoms with Crippen LogP contribution in [0, 0.1) is 5.92 Å². The SMILES string of the molecule is c1cc(C2CCSCC2)ccc1CC1CCNCC1. The minimum Gasteiger partial charge on any atom is -0.317 e. The molecule has 2 aliphatic heterocycles. The molecule has 0 spiro atoms. The van der Waals surface area contributed by atoms with Crippen molar-refractivity contribution in [1.29, 1.82) is 0 Å². The summed E-state index contributed by atoms with van der Waals surface area (Å²) in [6.45, 7) is 2.42. The Hall–Kier alpha value is -0.470. The normalized spacial score (nSPS) is 22.5. The van der Waals surface area contributed by atoms with Crippen molar-refractivity contribution in [2.75, 3.05) is 24.6 Å². The molecule has 3 rings (SSSR count). The summed E-state index contributed by atoms with van der Waals surface area (Å²) in [7, 11) is 0. The maximum atomic E-state index is 3.45. The van der Waals surface area contributed by atoms with Gasteiger partial charge in [0.15, 0.2) is 0 Å². The average Bonchev–Trinajstić information content (AvgIpc) is 2.50. The first-order valence-electron chi connectivity index (χ1n) is 7.79. The van der Waals surface area contributed by atoms with Crippen molar-refractivity contribution < 1.29 is 0 Å². The number of benzene rings is 1. The summed E-state index contributed by atoms with van der Waals surface area (Å²) >= 11 is 2.11. The molecule has 2 heterocycles. The van der Waals surface area contributed by atoms with Crippen molar-refractivity contribution in [2.24, 2.45) is 5.92 Å². The van der Waals surface area contributed by atoms with Crippen LogP contribution in [0.15, 0.2) is 24.3 Å². The van der Waals surface area contributed by atoms with E-state index in [0.717, 1.165) is 11.8 Å². The standard InChI is InChI=1S/C17H25NS/c1-3-16(17-7-11-19-12-8-17)4-2-14(1)13-15-5-9-18-10-6-15/h1-4,15,17-18H,5-13H2. The van der Waals surface area contributed by atoms with E-state index in [1.165, 1.54) is 56.7 Å². The van der Waals surface area contributed by atoms with Gasteiger partial charge in [-0.05, 0) is 79.7 Å². The second-order valence-corrected chi connectivity index (χ2v) is 7.25. The Morgan fingerprint density at radius 2 is 1.63 bits per heavy atom. The van der Waals surface area contributed by atoms with E-state index in [9.17, 15) is 0 Å². The van der Waals surface area contributed by atoms with Gasteiger partial charge in [-0.3, -0.25) is 0 Å². The summed E-state index contributed by atoms with van der Waals surface area (Å²) in [5.41, 5.74) is 3.12. The lowest BCUT2D eigenvalue weighted by molar-refractivity contribution is 0.372. The molecule has 1 aromatic rings. The van der Waals surface area contributed by atoms with Crippen LogP contribution in [-0.4, -0.2) is 24.6 Å². The molecular weight excluding hydrogens is 250 g/mol. The number of piperidine rings is 1.